The Morgan fingerprint density at radius 2 is 0.939 bits per heavy atom. The molecule has 3 heteroatoms. The third-order valence-corrected chi connectivity index (χ3v) is 9.66. The van der Waals surface area contributed by atoms with Crippen LogP contribution in [0.1, 0.15) is 0 Å². The lowest BCUT2D eigenvalue weighted by molar-refractivity contribution is 0.669. The summed E-state index contributed by atoms with van der Waals surface area (Å²) in [6, 6.07) is 61.9. The van der Waals surface area contributed by atoms with Gasteiger partial charge < -0.3 is 13.7 Å². The van der Waals surface area contributed by atoms with E-state index in [2.05, 4.69) is 181 Å². The fourth-order valence-electron chi connectivity index (χ4n) is 7.37. The van der Waals surface area contributed by atoms with Crippen molar-refractivity contribution in [3.63, 3.8) is 0 Å². The summed E-state index contributed by atoms with van der Waals surface area (Å²) in [6.45, 7) is 0. The Kier molecular flexibility index (Phi) is 6.18. The molecule has 0 spiro atoms. The molecule has 2 heterocycles. The van der Waals surface area contributed by atoms with E-state index in [4.69, 9.17) is 8.83 Å². The number of nitrogens with zero attached hydrogens (tertiary/aromatic N) is 1. The molecule has 0 saturated carbocycles. The normalized spacial score (nSPS) is 11.7. The molecule has 2 aromatic heterocycles. The van der Waals surface area contributed by atoms with Gasteiger partial charge in [-0.3, -0.25) is 0 Å². The fourth-order valence-corrected chi connectivity index (χ4v) is 7.37. The molecule has 3 nitrogen and oxygen atoms in total. The van der Waals surface area contributed by atoms with Crippen molar-refractivity contribution in [2.45, 2.75) is 0 Å². The summed E-state index contributed by atoms with van der Waals surface area (Å²) in [6.07, 6.45) is 0. The molecule has 0 bridgehead atoms. The zero-order valence-corrected chi connectivity index (χ0v) is 26.5. The van der Waals surface area contributed by atoms with Gasteiger partial charge >= 0.3 is 0 Å². The summed E-state index contributed by atoms with van der Waals surface area (Å²) in [7, 11) is 0. The van der Waals surface area contributed by atoms with Gasteiger partial charge in [0.15, 0.2) is 0 Å². The lowest BCUT2D eigenvalue weighted by Crippen LogP contribution is -2.10. The van der Waals surface area contributed by atoms with Crippen LogP contribution in [0, 0.1) is 0 Å². The maximum absolute atomic E-state index is 6.67. The molecule has 10 rings (SSSR count). The molecule has 0 aliphatic rings. The Labute approximate surface area is 282 Å². The van der Waals surface area contributed by atoms with Gasteiger partial charge in [0.05, 0.1) is 22.1 Å². The summed E-state index contributed by atoms with van der Waals surface area (Å²) in [5.41, 5.74) is 11.3. The maximum atomic E-state index is 6.67. The lowest BCUT2D eigenvalue weighted by Gasteiger charge is -2.27. The molecule has 230 valence electrons. The highest BCUT2D eigenvalue weighted by Crippen LogP contribution is 2.48. The van der Waals surface area contributed by atoms with E-state index < -0.39 is 0 Å². The Hall–Kier alpha value is -6.58. The Morgan fingerprint density at radius 1 is 0.347 bits per heavy atom. The van der Waals surface area contributed by atoms with Crippen molar-refractivity contribution < 1.29 is 8.83 Å². The van der Waals surface area contributed by atoms with E-state index in [0.29, 0.717) is 0 Å². The van der Waals surface area contributed by atoms with Crippen LogP contribution >= 0.6 is 0 Å². The van der Waals surface area contributed by atoms with E-state index >= 15 is 0 Å². The van der Waals surface area contributed by atoms with Gasteiger partial charge in [0.25, 0.3) is 0 Å². The van der Waals surface area contributed by atoms with Crippen LogP contribution in [0.5, 0.6) is 0 Å². The van der Waals surface area contributed by atoms with Crippen molar-refractivity contribution in [1.29, 1.82) is 0 Å². The highest BCUT2D eigenvalue weighted by Gasteiger charge is 2.24. The van der Waals surface area contributed by atoms with E-state index in [1.807, 2.05) is 0 Å². The second kappa shape index (κ2) is 11.0. The highest BCUT2D eigenvalue weighted by molar-refractivity contribution is 6.21. The standard InChI is InChI=1S/C46H29NO2/c1-3-11-30(12-4-1)32-21-25-35(26-22-32)47(39-17-10-20-43-44(39)37-27-23-33-15-7-8-16-36(33)46(37)49-43)40-18-9-19-42-45(40)38-29-34(24-28-41(38)48-42)31-13-5-2-6-14-31/h1-29H. The third kappa shape index (κ3) is 4.44. The van der Waals surface area contributed by atoms with Crippen LogP contribution in [0.2, 0.25) is 0 Å². The summed E-state index contributed by atoms with van der Waals surface area (Å²) in [4.78, 5) is 2.37. The lowest BCUT2D eigenvalue weighted by atomic mass is 10.0. The molecule has 0 aliphatic carbocycles. The molecule has 0 fully saturated rings. The molecule has 0 amide bonds. The van der Waals surface area contributed by atoms with Crippen molar-refractivity contribution in [1.82, 2.24) is 0 Å². The number of benzene rings is 8. The fraction of sp³-hybridized carbons (Fsp3) is 0. The number of hydrogen-bond donors (Lipinski definition) is 0. The molecule has 0 N–H and O–H groups in total. The van der Waals surface area contributed by atoms with Gasteiger partial charge in [0, 0.05) is 21.8 Å². The van der Waals surface area contributed by atoms with Gasteiger partial charge in [0.2, 0.25) is 0 Å². The van der Waals surface area contributed by atoms with E-state index in [1.54, 1.807) is 0 Å². The zero-order chi connectivity index (χ0) is 32.3. The summed E-state index contributed by atoms with van der Waals surface area (Å²) < 4.78 is 13.2. The molecular weight excluding hydrogens is 599 g/mol. The predicted octanol–water partition coefficient (Wildman–Crippen LogP) is 13.4. The first-order valence-electron chi connectivity index (χ1n) is 16.6. The minimum absolute atomic E-state index is 0.846. The molecular formula is C46H29NO2. The Morgan fingerprint density at radius 3 is 1.67 bits per heavy atom. The van der Waals surface area contributed by atoms with Gasteiger partial charge in [-0.1, -0.05) is 121 Å². The second-order valence-corrected chi connectivity index (χ2v) is 12.5. The first-order valence-corrected chi connectivity index (χ1v) is 16.6. The quantitative estimate of drug-likeness (QED) is 0.190. The van der Waals surface area contributed by atoms with Gasteiger partial charge in [-0.15, -0.1) is 0 Å². The molecule has 49 heavy (non-hydrogen) atoms. The molecule has 0 radical (unpaired) electrons. The van der Waals surface area contributed by atoms with Crippen LogP contribution in [0.3, 0.4) is 0 Å². The summed E-state index contributed by atoms with van der Waals surface area (Å²) in [5, 5.41) is 6.58. The van der Waals surface area contributed by atoms with Crippen molar-refractivity contribution >= 4 is 71.7 Å². The predicted molar refractivity (Wildman–Crippen MR) is 204 cm³/mol. The minimum Gasteiger partial charge on any atom is -0.456 e. The number of anilines is 3. The maximum Gasteiger partial charge on any atom is 0.143 e. The molecule has 10 aromatic rings. The van der Waals surface area contributed by atoms with E-state index in [-0.39, 0.29) is 0 Å². The first-order chi connectivity index (χ1) is 24.3. The second-order valence-electron chi connectivity index (χ2n) is 12.5. The van der Waals surface area contributed by atoms with Crippen LogP contribution in [-0.4, -0.2) is 0 Å². The zero-order valence-electron chi connectivity index (χ0n) is 26.5. The SMILES string of the molecule is c1ccc(-c2ccc(N(c3cccc4oc5ccc(-c6ccccc6)cc5c34)c3cccc4oc5c6ccccc6ccc5c34)cc2)cc1. The van der Waals surface area contributed by atoms with Crippen LogP contribution in [0.25, 0.3) is 76.9 Å². The monoisotopic (exact) mass is 627 g/mol. The summed E-state index contributed by atoms with van der Waals surface area (Å²) >= 11 is 0. The van der Waals surface area contributed by atoms with Crippen molar-refractivity contribution in [2.75, 3.05) is 4.90 Å². The van der Waals surface area contributed by atoms with Crippen LogP contribution in [-0.2, 0) is 0 Å². The third-order valence-electron chi connectivity index (χ3n) is 9.66. The highest BCUT2D eigenvalue weighted by atomic mass is 16.3. The van der Waals surface area contributed by atoms with Crippen molar-refractivity contribution in [3.05, 3.63) is 176 Å². The van der Waals surface area contributed by atoms with E-state index in [9.17, 15) is 0 Å². The molecule has 0 atom stereocenters. The first kappa shape index (κ1) is 27.5. The van der Waals surface area contributed by atoms with Crippen molar-refractivity contribution in [3.8, 4) is 22.3 Å². The van der Waals surface area contributed by atoms with Crippen molar-refractivity contribution in [2.24, 2.45) is 0 Å². The molecule has 0 unspecified atom stereocenters. The average molecular weight is 628 g/mol. The van der Waals surface area contributed by atoms with Gasteiger partial charge in [0.1, 0.15) is 22.3 Å². The summed E-state index contributed by atoms with van der Waals surface area (Å²) in [5.74, 6) is 0. The molecule has 0 aliphatic heterocycles. The number of furan rings is 2. The average Bonchev–Trinajstić information content (AvgIpc) is 3.75. The topological polar surface area (TPSA) is 29.5 Å². The number of fused-ring (bicyclic) bond motifs is 8. The van der Waals surface area contributed by atoms with E-state index in [1.165, 1.54) is 16.7 Å². The van der Waals surface area contributed by atoms with Crippen LogP contribution < -0.4 is 4.90 Å². The van der Waals surface area contributed by atoms with Gasteiger partial charge in [-0.25, -0.2) is 0 Å². The van der Waals surface area contributed by atoms with Crippen LogP contribution in [0.4, 0.5) is 17.1 Å². The Bertz CT molecular complexity index is 2810. The molecule has 8 aromatic carbocycles. The number of hydrogen-bond acceptors (Lipinski definition) is 3. The van der Waals surface area contributed by atoms with Gasteiger partial charge in [-0.2, -0.15) is 0 Å². The van der Waals surface area contributed by atoms with Gasteiger partial charge in [-0.05, 0) is 82.2 Å². The smallest absolute Gasteiger partial charge is 0.143 e. The minimum atomic E-state index is 0.846. The Balaban J connectivity index is 1.26. The van der Waals surface area contributed by atoms with Crippen LogP contribution in [0.15, 0.2) is 185 Å². The molecule has 0 saturated heterocycles. The largest absolute Gasteiger partial charge is 0.456 e. The number of rotatable bonds is 5. The van der Waals surface area contributed by atoms with E-state index in [0.717, 1.165) is 77.3 Å².